The van der Waals surface area contributed by atoms with Crippen molar-refractivity contribution in [3.05, 3.63) is 75.5 Å². The first kappa shape index (κ1) is 26.1. The zero-order valence-corrected chi connectivity index (χ0v) is 21.4. The molecule has 1 unspecified atom stereocenters. The third-order valence-electron chi connectivity index (χ3n) is 6.37. The van der Waals surface area contributed by atoms with E-state index in [-0.39, 0.29) is 23.4 Å². The summed E-state index contributed by atoms with van der Waals surface area (Å²) in [6.07, 6.45) is 4.38. The molecular weight excluding hydrogens is 532 g/mol. The Morgan fingerprint density at radius 1 is 1.25 bits per heavy atom. The number of anilines is 1. The van der Waals surface area contributed by atoms with Gasteiger partial charge in [-0.3, -0.25) is 4.79 Å². The molecule has 1 aliphatic rings. The number of carbonyl (C=O) groups excluding carboxylic acids is 1. The first-order valence-electron chi connectivity index (χ1n) is 11.8. The topological polar surface area (TPSA) is 113 Å². The number of carbonyl (C=O) groups is 1. The summed E-state index contributed by atoms with van der Waals surface area (Å²) < 4.78 is 29.6. The fraction of sp³-hybridized carbons (Fsp3) is 0.346. The van der Waals surface area contributed by atoms with E-state index in [0.29, 0.717) is 40.0 Å². The average Bonchev–Trinajstić information content (AvgIpc) is 2.83. The van der Waals surface area contributed by atoms with Crippen molar-refractivity contribution < 1.29 is 18.7 Å². The van der Waals surface area contributed by atoms with Crippen LogP contribution >= 0.6 is 15.9 Å². The van der Waals surface area contributed by atoms with Gasteiger partial charge in [-0.15, -0.1) is 0 Å². The highest BCUT2D eigenvalue weighted by Gasteiger charge is 2.25. The summed E-state index contributed by atoms with van der Waals surface area (Å²) >= 11 is 3.26. The molecule has 0 saturated heterocycles. The molecule has 4 rings (SSSR count). The van der Waals surface area contributed by atoms with E-state index in [4.69, 9.17) is 5.73 Å². The Bertz CT molecular complexity index is 1240. The van der Waals surface area contributed by atoms with Gasteiger partial charge in [-0.25, -0.2) is 18.7 Å². The van der Waals surface area contributed by atoms with Gasteiger partial charge in [0.05, 0.1) is 29.6 Å². The number of rotatable bonds is 7. The molecule has 1 heterocycles. The second-order valence-electron chi connectivity index (χ2n) is 9.03. The molecule has 1 aromatic heterocycles. The number of halogens is 3. The lowest BCUT2D eigenvalue weighted by molar-refractivity contribution is 0.0932. The highest BCUT2D eigenvalue weighted by Crippen LogP contribution is 2.34. The summed E-state index contributed by atoms with van der Waals surface area (Å²) in [5.41, 5.74) is 7.86. The molecule has 1 aliphatic carbocycles. The molecule has 3 atom stereocenters. The van der Waals surface area contributed by atoms with Crippen molar-refractivity contribution in [2.45, 2.75) is 43.7 Å². The van der Waals surface area contributed by atoms with Crippen LogP contribution < -0.4 is 16.4 Å². The van der Waals surface area contributed by atoms with Crippen molar-refractivity contribution in [1.82, 2.24) is 20.6 Å². The summed E-state index contributed by atoms with van der Waals surface area (Å²) in [7, 11) is 1.70. The van der Waals surface area contributed by atoms with Crippen molar-refractivity contribution in [3.8, 4) is 11.3 Å². The summed E-state index contributed by atoms with van der Waals surface area (Å²) in [6, 6.07) is 7.91. The van der Waals surface area contributed by atoms with Crippen LogP contribution in [0.3, 0.4) is 0 Å². The van der Waals surface area contributed by atoms with Crippen LogP contribution in [0.15, 0.2) is 47.1 Å². The number of benzene rings is 2. The average molecular weight is 560 g/mol. The minimum Gasteiger partial charge on any atom is -0.393 e. The number of nitrogen functional groups attached to an aromatic ring is 1. The number of likely N-dealkylation sites (N-methyl/N-ethyl adjacent to an activating group) is 1. The maximum Gasteiger partial charge on any atom is 0.254 e. The standard InChI is InChI=1S/C26H28BrF2N5O2/c1-31-12-22(16-7-17(27)11-18(28)8-16)34-26(36)20-6-5-15(10-21(20)29)24-25(30)32-13-23(33-24)14-3-2-4-19(35)9-14/h5-8,10-11,13-14,19,22,31,35H,2-4,9,12H2,1H3,(H2,30,32)(H,34,36)/t14-,19+,22?/m0/s1. The molecule has 1 amide bonds. The van der Waals surface area contributed by atoms with E-state index >= 15 is 4.39 Å². The summed E-state index contributed by atoms with van der Waals surface area (Å²) in [5, 5.41) is 15.7. The van der Waals surface area contributed by atoms with Crippen LogP contribution in [0.4, 0.5) is 14.6 Å². The van der Waals surface area contributed by atoms with E-state index in [2.05, 4.69) is 36.5 Å². The van der Waals surface area contributed by atoms with Gasteiger partial charge in [-0.2, -0.15) is 0 Å². The van der Waals surface area contributed by atoms with Crippen LogP contribution in [0, 0.1) is 11.6 Å². The number of aliphatic hydroxyl groups is 1. The van der Waals surface area contributed by atoms with Crippen LogP contribution in [-0.2, 0) is 0 Å². The lowest BCUT2D eigenvalue weighted by Gasteiger charge is -2.25. The second kappa shape index (κ2) is 11.4. The minimum atomic E-state index is -0.742. The summed E-state index contributed by atoms with van der Waals surface area (Å²) in [4.78, 5) is 21.8. The number of hydrogen-bond donors (Lipinski definition) is 4. The Morgan fingerprint density at radius 2 is 2.06 bits per heavy atom. The molecule has 2 aromatic carbocycles. The van der Waals surface area contributed by atoms with Gasteiger partial charge in [-0.05, 0) is 62.2 Å². The Morgan fingerprint density at radius 3 is 2.75 bits per heavy atom. The van der Waals surface area contributed by atoms with Crippen molar-refractivity contribution in [3.63, 3.8) is 0 Å². The van der Waals surface area contributed by atoms with Gasteiger partial charge in [0.1, 0.15) is 23.1 Å². The van der Waals surface area contributed by atoms with E-state index in [0.717, 1.165) is 19.3 Å². The van der Waals surface area contributed by atoms with Gasteiger partial charge in [0.25, 0.3) is 5.91 Å². The molecule has 0 spiro atoms. The summed E-state index contributed by atoms with van der Waals surface area (Å²) in [6.45, 7) is 0.316. The highest BCUT2D eigenvalue weighted by atomic mass is 79.9. The van der Waals surface area contributed by atoms with Gasteiger partial charge in [-0.1, -0.05) is 28.4 Å². The molecule has 1 saturated carbocycles. The molecule has 10 heteroatoms. The Labute approximate surface area is 216 Å². The van der Waals surface area contributed by atoms with E-state index in [1.807, 2.05) is 0 Å². The predicted molar refractivity (Wildman–Crippen MR) is 137 cm³/mol. The lowest BCUT2D eigenvalue weighted by atomic mass is 9.85. The molecule has 0 aliphatic heterocycles. The maximum atomic E-state index is 15.1. The quantitative estimate of drug-likeness (QED) is 0.339. The van der Waals surface area contributed by atoms with Crippen molar-refractivity contribution in [2.24, 2.45) is 0 Å². The van der Waals surface area contributed by atoms with E-state index in [1.165, 1.54) is 24.3 Å². The van der Waals surface area contributed by atoms with Crippen LogP contribution in [0.25, 0.3) is 11.3 Å². The Balaban J connectivity index is 1.57. The normalized spacial score (nSPS) is 18.6. The van der Waals surface area contributed by atoms with Crippen LogP contribution in [0.5, 0.6) is 0 Å². The van der Waals surface area contributed by atoms with Gasteiger partial charge in [0.2, 0.25) is 0 Å². The van der Waals surface area contributed by atoms with Crippen molar-refractivity contribution in [2.75, 3.05) is 19.3 Å². The number of nitrogens with two attached hydrogens (primary N) is 1. The molecule has 5 N–H and O–H groups in total. The molecule has 190 valence electrons. The van der Waals surface area contributed by atoms with Gasteiger partial charge < -0.3 is 21.5 Å². The van der Waals surface area contributed by atoms with E-state index < -0.39 is 23.6 Å². The van der Waals surface area contributed by atoms with Gasteiger partial charge in [0.15, 0.2) is 0 Å². The van der Waals surface area contributed by atoms with E-state index in [9.17, 15) is 14.3 Å². The number of nitrogens with one attached hydrogen (secondary N) is 2. The molecule has 3 aromatic rings. The van der Waals surface area contributed by atoms with Crippen LogP contribution in [0.2, 0.25) is 0 Å². The highest BCUT2D eigenvalue weighted by molar-refractivity contribution is 9.10. The molecule has 1 fully saturated rings. The smallest absolute Gasteiger partial charge is 0.254 e. The molecule has 0 bridgehead atoms. The largest absolute Gasteiger partial charge is 0.393 e. The van der Waals surface area contributed by atoms with Gasteiger partial charge in [0, 0.05) is 22.5 Å². The SMILES string of the molecule is CNCC(NC(=O)c1ccc(-c2nc([C@H]3CCC[C@@H](O)C3)cnc2N)cc1F)c1cc(F)cc(Br)c1. The maximum absolute atomic E-state index is 15.1. The number of hydrogen-bond acceptors (Lipinski definition) is 6. The fourth-order valence-electron chi connectivity index (χ4n) is 4.57. The lowest BCUT2D eigenvalue weighted by Crippen LogP contribution is -2.35. The molecular formula is C26H28BrF2N5O2. The minimum absolute atomic E-state index is 0.0578. The third-order valence-corrected chi connectivity index (χ3v) is 6.83. The molecule has 7 nitrogen and oxygen atoms in total. The van der Waals surface area contributed by atoms with E-state index in [1.54, 1.807) is 25.4 Å². The number of aliphatic hydroxyl groups excluding tert-OH is 1. The first-order valence-corrected chi connectivity index (χ1v) is 12.6. The zero-order chi connectivity index (χ0) is 25.8. The van der Waals surface area contributed by atoms with Crippen molar-refractivity contribution in [1.29, 1.82) is 0 Å². The predicted octanol–water partition coefficient (Wildman–Crippen LogP) is 4.48. The van der Waals surface area contributed by atoms with Crippen molar-refractivity contribution >= 4 is 27.7 Å². The Kier molecular flexibility index (Phi) is 8.28. The Hall–Kier alpha value is -2.95. The number of nitrogens with zero attached hydrogens (tertiary/aromatic N) is 2. The second-order valence-corrected chi connectivity index (χ2v) is 9.94. The fourth-order valence-corrected chi connectivity index (χ4v) is 5.05. The first-order chi connectivity index (χ1) is 17.2. The van der Waals surface area contributed by atoms with Gasteiger partial charge >= 0.3 is 0 Å². The zero-order valence-electron chi connectivity index (χ0n) is 19.8. The number of amides is 1. The van der Waals surface area contributed by atoms with Crippen LogP contribution in [0.1, 0.15) is 59.3 Å². The number of aromatic nitrogens is 2. The molecule has 36 heavy (non-hydrogen) atoms. The summed E-state index contributed by atoms with van der Waals surface area (Å²) in [5.74, 6) is -1.62. The third kappa shape index (κ3) is 6.05. The molecule has 0 radical (unpaired) electrons. The van der Waals surface area contributed by atoms with Crippen LogP contribution in [-0.4, -0.2) is 40.7 Å². The monoisotopic (exact) mass is 559 g/mol.